The van der Waals surface area contributed by atoms with E-state index < -0.39 is 6.17 Å². The largest absolute Gasteiger partial charge is 0.506 e. The van der Waals surface area contributed by atoms with E-state index in [4.69, 9.17) is 21.7 Å². The van der Waals surface area contributed by atoms with Crippen molar-refractivity contribution in [1.82, 2.24) is 10.3 Å². The summed E-state index contributed by atoms with van der Waals surface area (Å²) in [6.07, 6.45) is -0.582. The van der Waals surface area contributed by atoms with Crippen LogP contribution in [0.25, 0.3) is 5.70 Å². The van der Waals surface area contributed by atoms with Crippen LogP contribution < -0.4 is 15.9 Å². The number of phenols is 1. The average molecular weight is 449 g/mol. The predicted molar refractivity (Wildman–Crippen MR) is 122 cm³/mol. The number of hydrogen-bond acceptors (Lipinski definition) is 6. The quantitative estimate of drug-likeness (QED) is 0.645. The Kier molecular flexibility index (Phi) is 5.13. The van der Waals surface area contributed by atoms with E-state index in [2.05, 4.69) is 5.32 Å². The number of hydrazone groups is 1. The van der Waals surface area contributed by atoms with Crippen molar-refractivity contribution in [1.29, 1.82) is 0 Å². The Hall–Kier alpha value is -3.29. The normalized spacial score (nSPS) is 17.3. The molecule has 0 radical (unpaired) electrons. The molecular weight excluding hydrogens is 432 g/mol. The molecule has 31 heavy (non-hydrogen) atoms. The Morgan fingerprint density at radius 2 is 1.84 bits per heavy atom. The lowest BCUT2D eigenvalue weighted by molar-refractivity contribution is -0.116. The van der Waals surface area contributed by atoms with Gasteiger partial charge in [0.05, 0.1) is 10.4 Å². The highest BCUT2D eigenvalue weighted by Gasteiger charge is 2.34. The van der Waals surface area contributed by atoms with Crippen LogP contribution in [-0.4, -0.2) is 21.2 Å². The summed E-state index contributed by atoms with van der Waals surface area (Å²) in [4.78, 5) is 17.9. The fraction of sp³-hybridized carbons (Fsp3) is 0.0870. The van der Waals surface area contributed by atoms with Crippen molar-refractivity contribution >= 4 is 40.1 Å². The monoisotopic (exact) mass is 448 g/mol. The highest BCUT2D eigenvalue weighted by Crippen LogP contribution is 2.34. The highest BCUT2D eigenvalue weighted by molar-refractivity contribution is 8.13. The van der Waals surface area contributed by atoms with Crippen molar-refractivity contribution in [3.05, 3.63) is 99.5 Å². The molecule has 3 aromatic carbocycles. The van der Waals surface area contributed by atoms with Gasteiger partial charge in [0.2, 0.25) is 0 Å². The van der Waals surface area contributed by atoms with Gasteiger partial charge < -0.3 is 5.11 Å². The number of aromatic hydroxyl groups is 1. The Morgan fingerprint density at radius 3 is 2.65 bits per heavy atom. The lowest BCUT2D eigenvalue weighted by Gasteiger charge is -2.34. The molecule has 2 N–H and O–H groups in total. The number of carbonyl (C=O) groups is 1. The lowest BCUT2D eigenvalue weighted by atomic mass is 10.1. The number of amidine groups is 1. The molecule has 0 saturated carbocycles. The maximum atomic E-state index is 13.1. The molecule has 0 spiro atoms. The van der Waals surface area contributed by atoms with E-state index in [1.165, 1.54) is 17.8 Å². The summed E-state index contributed by atoms with van der Waals surface area (Å²) in [5.74, 6) is 0.430. The smallest absolute Gasteiger partial charge is 0.276 e. The molecule has 2 aliphatic rings. The van der Waals surface area contributed by atoms with Gasteiger partial charge in [-0.15, -0.1) is 5.10 Å². The zero-order valence-electron chi connectivity index (χ0n) is 16.2. The Bertz CT molecular complexity index is 1330. The van der Waals surface area contributed by atoms with Gasteiger partial charge in [0.1, 0.15) is 11.4 Å². The van der Waals surface area contributed by atoms with Crippen molar-refractivity contribution in [2.75, 3.05) is 0 Å². The van der Waals surface area contributed by atoms with Gasteiger partial charge in [0, 0.05) is 16.5 Å². The number of benzene rings is 3. The number of amides is 1. The molecular formula is C23H17ClN4O2S. The molecule has 0 aromatic heterocycles. The Morgan fingerprint density at radius 1 is 1.06 bits per heavy atom. The minimum Gasteiger partial charge on any atom is -0.506 e. The van der Waals surface area contributed by atoms with E-state index in [9.17, 15) is 9.90 Å². The number of nitrogens with one attached hydrogen (secondary N) is 1. The van der Waals surface area contributed by atoms with Crippen molar-refractivity contribution in [3.63, 3.8) is 0 Å². The van der Waals surface area contributed by atoms with Gasteiger partial charge in [-0.1, -0.05) is 78.0 Å². The molecule has 1 unspecified atom stereocenters. The number of halogens is 1. The first kappa shape index (κ1) is 19.7. The number of rotatable bonds is 3. The summed E-state index contributed by atoms with van der Waals surface area (Å²) < 4.78 is 0. The first-order valence-electron chi connectivity index (χ1n) is 9.62. The number of phenolic OH excluding ortho intramolecular Hbond substituents is 1. The molecule has 3 aromatic rings. The second-order valence-corrected chi connectivity index (χ2v) is 8.43. The van der Waals surface area contributed by atoms with Gasteiger partial charge in [-0.05, 0) is 23.8 Å². The molecule has 2 aliphatic heterocycles. The number of hydrogen-bond donors (Lipinski definition) is 2. The van der Waals surface area contributed by atoms with E-state index in [0.29, 0.717) is 22.0 Å². The number of carbonyl (C=O) groups excluding carboxylic acids is 1. The minimum atomic E-state index is -0.582. The fourth-order valence-electron chi connectivity index (χ4n) is 3.52. The zero-order valence-corrected chi connectivity index (χ0v) is 17.8. The van der Waals surface area contributed by atoms with Crippen LogP contribution >= 0.6 is 23.4 Å². The van der Waals surface area contributed by atoms with Crippen LogP contribution in [0.15, 0.2) is 82.9 Å². The number of thioether (sulfide) groups is 1. The van der Waals surface area contributed by atoms with E-state index >= 15 is 0 Å². The SMILES string of the molecule is O=C1NC(SCc2ccccc2)=NN2C1=c1ccccc1=NC2c1ccc(O)c(Cl)c1. The molecule has 0 saturated heterocycles. The third-order valence-electron chi connectivity index (χ3n) is 5.00. The number of nitrogens with zero attached hydrogens (tertiary/aromatic N) is 3. The van der Waals surface area contributed by atoms with Crippen LogP contribution in [0.1, 0.15) is 17.3 Å². The summed E-state index contributed by atoms with van der Waals surface area (Å²) in [6.45, 7) is 0. The average Bonchev–Trinajstić information content (AvgIpc) is 2.79. The van der Waals surface area contributed by atoms with Crippen molar-refractivity contribution < 1.29 is 9.90 Å². The maximum Gasteiger partial charge on any atom is 0.276 e. The van der Waals surface area contributed by atoms with Crippen LogP contribution in [-0.2, 0) is 10.5 Å². The molecule has 8 heteroatoms. The van der Waals surface area contributed by atoms with Gasteiger partial charge in [-0.3, -0.25) is 15.1 Å². The molecule has 2 heterocycles. The third-order valence-corrected chi connectivity index (χ3v) is 6.24. The van der Waals surface area contributed by atoms with Crippen molar-refractivity contribution in [2.24, 2.45) is 10.1 Å². The van der Waals surface area contributed by atoms with Gasteiger partial charge in [0.15, 0.2) is 11.3 Å². The third kappa shape index (κ3) is 3.78. The maximum absolute atomic E-state index is 13.1. The standard InChI is InChI=1S/C23H17ClN4O2S/c24-17-12-15(10-11-19(17)29)21-25-18-9-5-4-8-16(18)20-22(30)26-23(27-28(20)21)31-13-14-6-2-1-3-7-14/h1-12,21,29H,13H2,(H,26,27,30). The highest BCUT2D eigenvalue weighted by atomic mass is 35.5. The fourth-order valence-corrected chi connectivity index (χ4v) is 4.51. The first-order valence-corrected chi connectivity index (χ1v) is 11.0. The molecule has 1 atom stereocenters. The zero-order chi connectivity index (χ0) is 21.4. The van der Waals surface area contributed by atoms with Crippen molar-refractivity contribution in [3.8, 4) is 5.75 Å². The molecule has 0 fully saturated rings. The van der Waals surface area contributed by atoms with Crippen LogP contribution in [0, 0.1) is 0 Å². The topological polar surface area (TPSA) is 77.3 Å². The summed E-state index contributed by atoms with van der Waals surface area (Å²) in [7, 11) is 0. The Labute approximate surface area is 187 Å². The summed E-state index contributed by atoms with van der Waals surface area (Å²) in [6, 6.07) is 22.4. The molecule has 1 amide bonds. The van der Waals surface area contributed by atoms with Crippen LogP contribution in [0.2, 0.25) is 5.02 Å². The van der Waals surface area contributed by atoms with Gasteiger partial charge in [0.25, 0.3) is 5.91 Å². The first-order chi connectivity index (χ1) is 15.1. The van der Waals surface area contributed by atoms with Crippen LogP contribution in [0.3, 0.4) is 0 Å². The summed E-state index contributed by atoms with van der Waals surface area (Å²) in [5.41, 5.74) is 2.29. The Balaban J connectivity index is 1.58. The molecule has 0 bridgehead atoms. The second kappa shape index (κ2) is 8.09. The second-order valence-electron chi connectivity index (χ2n) is 7.06. The molecule has 0 aliphatic carbocycles. The summed E-state index contributed by atoms with van der Waals surface area (Å²) >= 11 is 7.60. The lowest BCUT2D eigenvalue weighted by Crippen LogP contribution is -2.50. The molecule has 5 rings (SSSR count). The number of fused-ring (bicyclic) bond motifs is 2. The van der Waals surface area contributed by atoms with Gasteiger partial charge >= 0.3 is 0 Å². The minimum absolute atomic E-state index is 0.00942. The van der Waals surface area contributed by atoms with Gasteiger partial charge in [-0.2, -0.15) is 0 Å². The van der Waals surface area contributed by atoms with E-state index in [1.54, 1.807) is 17.1 Å². The predicted octanol–water partition coefficient (Wildman–Crippen LogP) is 3.12. The molecule has 154 valence electrons. The van der Waals surface area contributed by atoms with Gasteiger partial charge in [-0.25, -0.2) is 5.01 Å². The van der Waals surface area contributed by atoms with E-state index in [0.717, 1.165) is 16.3 Å². The van der Waals surface area contributed by atoms with Crippen LogP contribution in [0.4, 0.5) is 0 Å². The van der Waals surface area contributed by atoms with E-state index in [-0.39, 0.29) is 16.7 Å². The number of para-hydroxylation sites is 1. The van der Waals surface area contributed by atoms with Crippen LogP contribution in [0.5, 0.6) is 5.75 Å². The van der Waals surface area contributed by atoms with E-state index in [1.807, 2.05) is 54.6 Å². The molecule has 6 nitrogen and oxygen atoms in total. The summed E-state index contributed by atoms with van der Waals surface area (Å²) in [5, 5.41) is 21.2. The van der Waals surface area contributed by atoms with Crippen molar-refractivity contribution in [2.45, 2.75) is 11.9 Å².